The predicted octanol–water partition coefficient (Wildman–Crippen LogP) is 3.50. The van der Waals surface area contributed by atoms with Gasteiger partial charge in [-0.05, 0) is 61.2 Å². The lowest BCUT2D eigenvalue weighted by molar-refractivity contribution is 0.0713. The summed E-state index contributed by atoms with van der Waals surface area (Å²) in [4.78, 5) is 18.8. The van der Waals surface area contributed by atoms with E-state index >= 15 is 0 Å². The number of aromatic nitrogens is 6. The number of carbonyl (C=O) groups excluding carboxylic acids is 1. The second-order valence-corrected chi connectivity index (χ2v) is 9.49. The first-order valence-electron chi connectivity index (χ1n) is 12.2. The Morgan fingerprint density at radius 3 is 2.67 bits per heavy atom. The van der Waals surface area contributed by atoms with Gasteiger partial charge in [-0.3, -0.25) is 4.79 Å². The molecule has 2 fully saturated rings. The highest BCUT2D eigenvalue weighted by atomic mass is 19.1. The minimum Gasteiger partial charge on any atom is -0.364 e. The molecule has 0 spiro atoms. The number of aryl methyl sites for hydroxylation is 1. The Labute approximate surface area is 206 Å². The Hall–Kier alpha value is -3.89. The molecule has 4 aromatic rings. The third-order valence-electron chi connectivity index (χ3n) is 7.31. The van der Waals surface area contributed by atoms with Crippen LogP contribution in [0.2, 0.25) is 0 Å². The van der Waals surface area contributed by atoms with Crippen LogP contribution in [-0.2, 0) is 7.05 Å². The van der Waals surface area contributed by atoms with Crippen molar-refractivity contribution >= 4 is 17.1 Å². The molecule has 0 N–H and O–H groups in total. The number of hydrogen-bond donors (Lipinski definition) is 0. The van der Waals surface area contributed by atoms with E-state index in [4.69, 9.17) is 0 Å². The van der Waals surface area contributed by atoms with Crippen molar-refractivity contribution in [1.82, 2.24) is 34.7 Å². The molecule has 186 valence electrons. The second-order valence-electron chi connectivity index (χ2n) is 9.49. The fourth-order valence-corrected chi connectivity index (χ4v) is 5.46. The van der Waals surface area contributed by atoms with Gasteiger partial charge in [-0.25, -0.2) is 13.3 Å². The van der Waals surface area contributed by atoms with Gasteiger partial charge in [-0.2, -0.15) is 9.90 Å². The number of rotatable bonds is 4. The molecule has 9 nitrogen and oxygen atoms in total. The fourth-order valence-electron chi connectivity index (χ4n) is 5.46. The molecule has 5 heterocycles. The van der Waals surface area contributed by atoms with Gasteiger partial charge in [-0.1, -0.05) is 0 Å². The van der Waals surface area contributed by atoms with Crippen molar-refractivity contribution in [1.29, 1.82) is 0 Å². The lowest BCUT2D eigenvalue weighted by atomic mass is 9.96. The van der Waals surface area contributed by atoms with Crippen LogP contribution in [0.5, 0.6) is 0 Å². The SMILES string of the molecule is Cn1nnc(C2CCN(C(=O)c3cnn4ccc(N5CCCC5c5cc(F)ccc5F)cc34)CC2)n1. The molecule has 0 aliphatic carbocycles. The summed E-state index contributed by atoms with van der Waals surface area (Å²) < 4.78 is 30.1. The number of likely N-dealkylation sites (tertiary alicyclic amines) is 1. The molecule has 3 aromatic heterocycles. The molecule has 1 aromatic carbocycles. The molecule has 6 rings (SSSR count). The van der Waals surface area contributed by atoms with Gasteiger partial charge < -0.3 is 9.80 Å². The number of tetrazole rings is 1. The minimum atomic E-state index is -0.448. The smallest absolute Gasteiger partial charge is 0.257 e. The van der Waals surface area contributed by atoms with Crippen molar-refractivity contribution < 1.29 is 13.6 Å². The first-order valence-corrected chi connectivity index (χ1v) is 12.2. The topological polar surface area (TPSA) is 84.5 Å². The molecule has 0 saturated carbocycles. The Bertz CT molecular complexity index is 1420. The van der Waals surface area contributed by atoms with E-state index in [1.54, 1.807) is 17.8 Å². The highest BCUT2D eigenvalue weighted by Gasteiger charge is 2.31. The van der Waals surface area contributed by atoms with Crippen LogP contribution in [0.3, 0.4) is 0 Å². The van der Waals surface area contributed by atoms with E-state index in [0.717, 1.165) is 49.8 Å². The number of benzene rings is 1. The lowest BCUT2D eigenvalue weighted by Crippen LogP contribution is -2.38. The van der Waals surface area contributed by atoms with Crippen molar-refractivity contribution in [3.05, 3.63) is 71.3 Å². The van der Waals surface area contributed by atoms with Crippen molar-refractivity contribution in [2.24, 2.45) is 7.05 Å². The molecule has 2 aliphatic heterocycles. The van der Waals surface area contributed by atoms with E-state index < -0.39 is 11.6 Å². The van der Waals surface area contributed by atoms with E-state index in [1.807, 2.05) is 23.2 Å². The van der Waals surface area contributed by atoms with E-state index in [-0.39, 0.29) is 17.9 Å². The van der Waals surface area contributed by atoms with Crippen LogP contribution in [0.1, 0.15) is 59.4 Å². The molecule has 2 aliphatic rings. The molecular formula is C25H26F2N8O. The largest absolute Gasteiger partial charge is 0.364 e. The zero-order chi connectivity index (χ0) is 24.8. The number of amides is 1. The molecular weight excluding hydrogens is 466 g/mol. The summed E-state index contributed by atoms with van der Waals surface area (Å²) in [5.41, 5.74) is 2.44. The number of fused-ring (bicyclic) bond motifs is 1. The van der Waals surface area contributed by atoms with E-state index in [1.165, 1.54) is 16.9 Å². The monoisotopic (exact) mass is 492 g/mol. The Kier molecular flexibility index (Phi) is 5.62. The van der Waals surface area contributed by atoms with Gasteiger partial charge in [0.2, 0.25) is 0 Å². The summed E-state index contributed by atoms with van der Waals surface area (Å²) in [6.45, 7) is 1.93. The first kappa shape index (κ1) is 22.6. The van der Waals surface area contributed by atoms with Crippen molar-refractivity contribution in [3.63, 3.8) is 0 Å². The van der Waals surface area contributed by atoms with Gasteiger partial charge in [0.05, 0.1) is 30.4 Å². The van der Waals surface area contributed by atoms with Crippen LogP contribution in [0.15, 0.2) is 42.7 Å². The quantitative estimate of drug-likeness (QED) is 0.434. The molecule has 36 heavy (non-hydrogen) atoms. The van der Waals surface area contributed by atoms with Crippen molar-refractivity contribution in [3.8, 4) is 0 Å². The van der Waals surface area contributed by atoms with Crippen LogP contribution in [-0.4, -0.2) is 60.3 Å². The molecule has 1 amide bonds. The zero-order valence-corrected chi connectivity index (χ0v) is 19.9. The van der Waals surface area contributed by atoms with Crippen LogP contribution in [0.25, 0.3) is 5.52 Å². The number of nitrogens with zero attached hydrogens (tertiary/aromatic N) is 8. The summed E-state index contributed by atoms with van der Waals surface area (Å²) in [5, 5.41) is 16.7. The lowest BCUT2D eigenvalue weighted by Gasteiger charge is -2.30. The highest BCUT2D eigenvalue weighted by Crippen LogP contribution is 2.38. The van der Waals surface area contributed by atoms with E-state index in [2.05, 4.69) is 25.4 Å². The maximum absolute atomic E-state index is 14.6. The second kappa shape index (κ2) is 8.96. The molecule has 1 atom stereocenters. The molecule has 1 unspecified atom stereocenters. The van der Waals surface area contributed by atoms with Crippen LogP contribution < -0.4 is 4.90 Å². The average molecular weight is 493 g/mol. The summed E-state index contributed by atoms with van der Waals surface area (Å²) in [5.74, 6) is -0.0125. The normalized spacial score (nSPS) is 18.9. The van der Waals surface area contributed by atoms with E-state index in [0.29, 0.717) is 29.7 Å². The predicted molar refractivity (Wildman–Crippen MR) is 128 cm³/mol. The standard InChI is InChI=1S/C25H26F2N8O/c1-32-30-24(29-31-32)16-6-10-33(11-7-16)25(36)20-15-28-35-12-8-18(14-23(20)35)34-9-2-3-22(34)19-13-17(26)4-5-21(19)27/h4-5,8,12-16,22H,2-3,6-7,9-11H2,1H3. The maximum Gasteiger partial charge on any atom is 0.257 e. The fraction of sp³-hybridized carbons (Fsp3) is 0.400. The third-order valence-corrected chi connectivity index (χ3v) is 7.31. The average Bonchev–Trinajstić information content (AvgIpc) is 3.64. The van der Waals surface area contributed by atoms with Crippen molar-refractivity contribution in [2.75, 3.05) is 24.5 Å². The number of carbonyl (C=O) groups is 1. The maximum atomic E-state index is 14.6. The van der Waals surface area contributed by atoms with E-state index in [9.17, 15) is 13.6 Å². The Balaban J connectivity index is 1.24. The zero-order valence-electron chi connectivity index (χ0n) is 19.9. The summed E-state index contributed by atoms with van der Waals surface area (Å²) in [6, 6.07) is 7.17. The summed E-state index contributed by atoms with van der Waals surface area (Å²) in [7, 11) is 1.74. The van der Waals surface area contributed by atoms with Gasteiger partial charge in [0, 0.05) is 43.0 Å². The number of pyridine rings is 1. The number of hydrogen-bond acceptors (Lipinski definition) is 6. The molecule has 2 saturated heterocycles. The van der Waals surface area contributed by atoms with Crippen molar-refractivity contribution in [2.45, 2.75) is 37.6 Å². The molecule has 11 heteroatoms. The summed E-state index contributed by atoms with van der Waals surface area (Å²) in [6.07, 6.45) is 6.56. The number of anilines is 1. The van der Waals surface area contributed by atoms with Gasteiger partial charge in [0.25, 0.3) is 5.91 Å². The van der Waals surface area contributed by atoms with Gasteiger partial charge in [0.15, 0.2) is 5.82 Å². The first-order chi connectivity index (χ1) is 17.5. The van der Waals surface area contributed by atoms with Crippen LogP contribution in [0.4, 0.5) is 14.5 Å². The number of piperidine rings is 1. The van der Waals surface area contributed by atoms with Gasteiger partial charge in [0.1, 0.15) is 11.6 Å². The Morgan fingerprint density at radius 2 is 1.89 bits per heavy atom. The van der Waals surface area contributed by atoms with Crippen LogP contribution >= 0.6 is 0 Å². The third kappa shape index (κ3) is 3.98. The molecule has 0 radical (unpaired) electrons. The van der Waals surface area contributed by atoms with Gasteiger partial charge in [-0.15, -0.1) is 10.2 Å². The van der Waals surface area contributed by atoms with Crippen LogP contribution in [0, 0.1) is 11.6 Å². The number of halogens is 2. The highest BCUT2D eigenvalue weighted by molar-refractivity contribution is 6.01. The molecule has 0 bridgehead atoms. The summed E-state index contributed by atoms with van der Waals surface area (Å²) >= 11 is 0. The minimum absolute atomic E-state index is 0.0677. The Morgan fingerprint density at radius 1 is 1.06 bits per heavy atom. The van der Waals surface area contributed by atoms with Gasteiger partial charge >= 0.3 is 0 Å².